The first kappa shape index (κ1) is 15.8. The fourth-order valence-electron chi connectivity index (χ4n) is 2.64. The van der Waals surface area contributed by atoms with Gasteiger partial charge in [-0.25, -0.2) is 13.6 Å². The Morgan fingerprint density at radius 3 is 2.24 bits per heavy atom. The molecular weight excluding hydrogens is 292 g/mol. The zero-order valence-electron chi connectivity index (χ0n) is 11.7. The van der Waals surface area contributed by atoms with Gasteiger partial charge in [0.25, 0.3) is 0 Å². The van der Waals surface area contributed by atoms with E-state index in [-0.39, 0.29) is 10.8 Å². The van der Waals surface area contributed by atoms with Crippen molar-refractivity contribution in [1.82, 2.24) is 0 Å². The van der Waals surface area contributed by atoms with Gasteiger partial charge in [0.1, 0.15) is 0 Å². The van der Waals surface area contributed by atoms with Gasteiger partial charge in [-0.05, 0) is 55.9 Å². The van der Waals surface area contributed by atoms with E-state index in [4.69, 9.17) is 10.2 Å². The van der Waals surface area contributed by atoms with E-state index in [0.29, 0.717) is 5.92 Å². The van der Waals surface area contributed by atoms with Crippen LogP contribution in [0.15, 0.2) is 29.2 Å². The van der Waals surface area contributed by atoms with Crippen LogP contribution in [-0.2, 0) is 14.8 Å². The van der Waals surface area contributed by atoms with Gasteiger partial charge in [-0.3, -0.25) is 4.79 Å². The summed E-state index contributed by atoms with van der Waals surface area (Å²) < 4.78 is 22.3. The van der Waals surface area contributed by atoms with Crippen molar-refractivity contribution >= 4 is 21.7 Å². The molecule has 0 amide bonds. The van der Waals surface area contributed by atoms with Gasteiger partial charge in [0, 0.05) is 12.2 Å². The number of hydrogen-bond acceptors (Lipinski definition) is 4. The number of nitrogens with one attached hydrogen (secondary N) is 1. The molecule has 6 nitrogen and oxygen atoms in total. The Kier molecular flexibility index (Phi) is 4.84. The molecule has 116 valence electrons. The minimum atomic E-state index is -3.65. The molecule has 0 spiro atoms. The van der Waals surface area contributed by atoms with Gasteiger partial charge in [-0.1, -0.05) is 0 Å². The number of carbonyl (C=O) groups is 1. The van der Waals surface area contributed by atoms with Crippen LogP contribution in [0.3, 0.4) is 0 Å². The van der Waals surface area contributed by atoms with Crippen molar-refractivity contribution in [2.45, 2.75) is 30.6 Å². The fourth-order valence-corrected chi connectivity index (χ4v) is 3.15. The van der Waals surface area contributed by atoms with Crippen LogP contribution in [0, 0.1) is 11.8 Å². The summed E-state index contributed by atoms with van der Waals surface area (Å²) in [6, 6.07) is 6.31. The van der Waals surface area contributed by atoms with Crippen molar-refractivity contribution < 1.29 is 18.3 Å². The maximum atomic E-state index is 11.1. The number of hydrogen-bond donors (Lipinski definition) is 3. The topological polar surface area (TPSA) is 109 Å². The van der Waals surface area contributed by atoms with Gasteiger partial charge >= 0.3 is 5.97 Å². The maximum absolute atomic E-state index is 11.1. The monoisotopic (exact) mass is 312 g/mol. The van der Waals surface area contributed by atoms with Gasteiger partial charge in [0.2, 0.25) is 10.0 Å². The molecule has 1 fully saturated rings. The average molecular weight is 312 g/mol. The number of carboxylic acids is 1. The summed E-state index contributed by atoms with van der Waals surface area (Å²) in [6.45, 7) is 0.765. The normalized spacial score (nSPS) is 22.7. The van der Waals surface area contributed by atoms with E-state index in [0.717, 1.165) is 37.9 Å². The first-order chi connectivity index (χ1) is 9.86. The highest BCUT2D eigenvalue weighted by Crippen LogP contribution is 2.29. The number of primary sulfonamides is 1. The molecule has 0 aliphatic heterocycles. The molecule has 0 bridgehead atoms. The van der Waals surface area contributed by atoms with Crippen LogP contribution in [0.2, 0.25) is 0 Å². The lowest BCUT2D eigenvalue weighted by Gasteiger charge is -2.26. The molecule has 1 aliphatic carbocycles. The molecule has 0 aromatic heterocycles. The third-order valence-corrected chi connectivity index (χ3v) is 4.90. The van der Waals surface area contributed by atoms with Gasteiger partial charge in [0.05, 0.1) is 10.8 Å². The quantitative estimate of drug-likeness (QED) is 0.765. The first-order valence-electron chi connectivity index (χ1n) is 6.96. The zero-order valence-corrected chi connectivity index (χ0v) is 12.5. The first-order valence-corrected chi connectivity index (χ1v) is 8.50. The maximum Gasteiger partial charge on any atom is 0.306 e. The average Bonchev–Trinajstić information content (AvgIpc) is 2.45. The second-order valence-corrected chi connectivity index (χ2v) is 7.07. The highest BCUT2D eigenvalue weighted by Gasteiger charge is 2.25. The summed E-state index contributed by atoms with van der Waals surface area (Å²) >= 11 is 0. The Hall–Kier alpha value is -1.60. The van der Waals surface area contributed by atoms with E-state index in [1.807, 2.05) is 0 Å². The Balaban J connectivity index is 1.83. The number of aliphatic carboxylic acids is 1. The smallest absolute Gasteiger partial charge is 0.306 e. The molecule has 1 saturated carbocycles. The zero-order chi connectivity index (χ0) is 15.5. The van der Waals surface area contributed by atoms with E-state index in [1.165, 1.54) is 12.1 Å². The van der Waals surface area contributed by atoms with E-state index in [9.17, 15) is 13.2 Å². The van der Waals surface area contributed by atoms with Gasteiger partial charge in [-0.15, -0.1) is 0 Å². The van der Waals surface area contributed by atoms with Crippen molar-refractivity contribution in [2.24, 2.45) is 17.0 Å². The van der Waals surface area contributed by atoms with Crippen molar-refractivity contribution in [3.05, 3.63) is 24.3 Å². The lowest BCUT2D eigenvalue weighted by atomic mass is 9.82. The van der Waals surface area contributed by atoms with Crippen LogP contribution < -0.4 is 10.5 Å². The molecule has 0 saturated heterocycles. The van der Waals surface area contributed by atoms with Crippen molar-refractivity contribution in [1.29, 1.82) is 0 Å². The highest BCUT2D eigenvalue weighted by atomic mass is 32.2. The second-order valence-electron chi connectivity index (χ2n) is 5.51. The van der Waals surface area contributed by atoms with E-state index in [1.54, 1.807) is 12.1 Å². The van der Waals surface area contributed by atoms with Crippen LogP contribution in [0.25, 0.3) is 0 Å². The van der Waals surface area contributed by atoms with Gasteiger partial charge < -0.3 is 10.4 Å². The molecule has 0 radical (unpaired) electrons. The molecular formula is C14H20N2O4S. The summed E-state index contributed by atoms with van der Waals surface area (Å²) in [7, 11) is -3.65. The molecule has 1 aromatic carbocycles. The predicted molar refractivity (Wildman–Crippen MR) is 79.4 cm³/mol. The molecule has 21 heavy (non-hydrogen) atoms. The number of benzene rings is 1. The molecule has 1 aliphatic rings. The van der Waals surface area contributed by atoms with Crippen LogP contribution in [-0.4, -0.2) is 26.0 Å². The Labute approximate surface area is 124 Å². The fraction of sp³-hybridized carbons (Fsp3) is 0.500. The van der Waals surface area contributed by atoms with Crippen LogP contribution in [0.1, 0.15) is 25.7 Å². The molecule has 4 N–H and O–H groups in total. The van der Waals surface area contributed by atoms with Crippen LogP contribution >= 0.6 is 0 Å². The predicted octanol–water partition coefficient (Wildman–Crippen LogP) is 1.64. The number of rotatable bonds is 5. The summed E-state index contributed by atoms with van der Waals surface area (Å²) in [5.41, 5.74) is 0.836. The third-order valence-electron chi connectivity index (χ3n) is 3.97. The summed E-state index contributed by atoms with van der Waals surface area (Å²) in [5, 5.41) is 17.2. The van der Waals surface area contributed by atoms with E-state index in [2.05, 4.69) is 5.32 Å². The summed E-state index contributed by atoms with van der Waals surface area (Å²) in [6.07, 6.45) is 3.26. The van der Waals surface area contributed by atoms with Crippen LogP contribution in [0.5, 0.6) is 0 Å². The number of nitrogens with two attached hydrogens (primary N) is 1. The molecule has 0 atom stereocenters. The SMILES string of the molecule is NS(=O)(=O)c1ccc(NCC2CCC(C(=O)O)CC2)cc1. The van der Waals surface area contributed by atoms with Crippen molar-refractivity contribution in [3.63, 3.8) is 0 Å². The summed E-state index contributed by atoms with van der Waals surface area (Å²) in [5.74, 6) is -0.436. The highest BCUT2D eigenvalue weighted by molar-refractivity contribution is 7.89. The van der Waals surface area contributed by atoms with E-state index < -0.39 is 16.0 Å². The van der Waals surface area contributed by atoms with Crippen molar-refractivity contribution in [3.8, 4) is 0 Å². The second kappa shape index (κ2) is 6.44. The number of sulfonamides is 1. The van der Waals surface area contributed by atoms with Gasteiger partial charge in [0.15, 0.2) is 0 Å². The molecule has 7 heteroatoms. The Bertz CT molecular complexity index is 590. The Morgan fingerprint density at radius 2 is 1.76 bits per heavy atom. The Morgan fingerprint density at radius 1 is 1.19 bits per heavy atom. The lowest BCUT2D eigenvalue weighted by Crippen LogP contribution is -2.25. The third kappa shape index (κ3) is 4.44. The largest absolute Gasteiger partial charge is 0.481 e. The minimum Gasteiger partial charge on any atom is -0.481 e. The number of carboxylic acid groups (broad SMARTS) is 1. The number of anilines is 1. The van der Waals surface area contributed by atoms with Crippen molar-refractivity contribution in [2.75, 3.05) is 11.9 Å². The molecule has 2 rings (SSSR count). The molecule has 0 unspecified atom stereocenters. The standard InChI is InChI=1S/C14H20N2O4S/c15-21(19,20)13-7-5-12(6-8-13)16-9-10-1-3-11(4-2-10)14(17)18/h5-8,10-11,16H,1-4,9H2,(H,17,18)(H2,15,19,20). The van der Waals surface area contributed by atoms with Gasteiger partial charge in [-0.2, -0.15) is 0 Å². The minimum absolute atomic E-state index is 0.0926. The molecule has 1 aromatic rings. The molecule has 0 heterocycles. The van der Waals surface area contributed by atoms with Crippen LogP contribution in [0.4, 0.5) is 5.69 Å². The van der Waals surface area contributed by atoms with E-state index >= 15 is 0 Å². The summed E-state index contributed by atoms with van der Waals surface area (Å²) in [4.78, 5) is 11.0. The lowest BCUT2D eigenvalue weighted by molar-refractivity contribution is -0.143.